The molecule has 154 valence electrons. The molecule has 20 nitrogen and oxygen atoms in total. The lowest BCUT2D eigenvalue weighted by Crippen LogP contribution is -2.41. The maximum atomic E-state index is 11.5. The molecule has 0 atom stereocenters. The van der Waals surface area contributed by atoms with Crippen LogP contribution in [-0.4, -0.2) is 64.1 Å². The van der Waals surface area contributed by atoms with Crippen molar-refractivity contribution >= 4 is 11.6 Å². The molecule has 0 unspecified atom stereocenters. The van der Waals surface area contributed by atoms with Crippen molar-refractivity contribution in [3.05, 3.63) is 33.0 Å². The van der Waals surface area contributed by atoms with Gasteiger partial charge in [-0.1, -0.05) is 20.3 Å². The van der Waals surface area contributed by atoms with Gasteiger partial charge in [-0.2, -0.15) is 9.97 Å². The molecule has 0 bridgehead atoms. The van der Waals surface area contributed by atoms with E-state index < -0.39 is 34.8 Å². The van der Waals surface area contributed by atoms with E-state index >= 15 is 0 Å². The predicted octanol–water partition coefficient (Wildman–Crippen LogP) is -0.751. The molecule has 20 heteroatoms. The summed E-state index contributed by atoms with van der Waals surface area (Å²) in [5.41, 5.74) is -0.410. The van der Waals surface area contributed by atoms with Crippen LogP contribution in [0.4, 0.5) is 11.6 Å². The Morgan fingerprint density at radius 3 is 1.50 bits per heavy atom. The van der Waals surface area contributed by atoms with Gasteiger partial charge in [-0.15, -0.1) is 0 Å². The number of hydrogen-bond donors (Lipinski definition) is 0. The molecule has 0 saturated carbocycles. The maximum Gasteiger partial charge on any atom is 0.268 e. The summed E-state index contributed by atoms with van der Waals surface area (Å²) in [6.45, 7) is -1.16. The van der Waals surface area contributed by atoms with Crippen molar-refractivity contribution in [3.8, 4) is 23.0 Å². The van der Waals surface area contributed by atoms with E-state index in [4.69, 9.17) is 0 Å². The third-order valence-electron chi connectivity index (χ3n) is 3.50. The lowest BCUT2D eigenvalue weighted by Gasteiger charge is -2.14. The molecule has 0 aliphatic heterocycles. The number of aromatic nitrogens is 8. The highest BCUT2D eigenvalue weighted by molar-refractivity contribution is 5.65. The number of nitro groups is 2. The molecule has 0 saturated heterocycles. The van der Waals surface area contributed by atoms with Gasteiger partial charge in [0.25, 0.3) is 11.6 Å². The fourth-order valence-electron chi connectivity index (χ4n) is 2.26. The van der Waals surface area contributed by atoms with Crippen LogP contribution in [0.3, 0.4) is 0 Å². The highest BCUT2D eigenvalue weighted by atomic mass is 16.7. The van der Waals surface area contributed by atoms with Crippen LogP contribution in [0.2, 0.25) is 0 Å². The second-order valence-corrected chi connectivity index (χ2v) is 5.10. The molecule has 0 aliphatic rings. The molecule has 0 spiro atoms. The summed E-state index contributed by atoms with van der Waals surface area (Å²) in [5.74, 6) is -1.07. The smallest absolute Gasteiger partial charge is 0.268 e. The molecule has 0 amide bonds. The van der Waals surface area contributed by atoms with Crippen LogP contribution in [0.25, 0.3) is 23.0 Å². The van der Waals surface area contributed by atoms with Gasteiger partial charge in [0.1, 0.15) is 13.1 Å². The Balaban J connectivity index is 1.60. The molecule has 30 heavy (non-hydrogen) atoms. The van der Waals surface area contributed by atoms with Gasteiger partial charge in [-0.3, -0.25) is 0 Å². The zero-order valence-corrected chi connectivity index (χ0v) is 14.2. The molecule has 4 heterocycles. The highest BCUT2D eigenvalue weighted by Gasteiger charge is 2.34. The van der Waals surface area contributed by atoms with Crippen LogP contribution in [0, 0.1) is 20.2 Å². The van der Waals surface area contributed by atoms with E-state index in [1.165, 1.54) is 0 Å². The Hall–Kier alpha value is -5.04. The van der Waals surface area contributed by atoms with E-state index in [1.807, 2.05) is 0 Å². The second-order valence-electron chi connectivity index (χ2n) is 5.10. The van der Waals surface area contributed by atoms with Gasteiger partial charge < -0.3 is 9.05 Å². The molecule has 0 aromatic carbocycles. The summed E-state index contributed by atoms with van der Waals surface area (Å²) in [5, 5.41) is 43.1. The minimum Gasteiger partial charge on any atom is -0.342 e. The first-order valence-corrected chi connectivity index (χ1v) is 7.58. The molecular formula is C10H6N12O8. The summed E-state index contributed by atoms with van der Waals surface area (Å²) < 4.78 is 18.1. The summed E-state index contributed by atoms with van der Waals surface area (Å²) >= 11 is 0. The second kappa shape index (κ2) is 7.53. The quantitative estimate of drug-likeness (QED) is 0.237. The normalized spacial score (nSPS) is 10.8. The number of rotatable bonds is 9. The van der Waals surface area contributed by atoms with Gasteiger partial charge in [-0.25, -0.2) is 29.5 Å². The zero-order valence-electron chi connectivity index (χ0n) is 14.2. The Labute approximate surface area is 161 Å². The van der Waals surface area contributed by atoms with E-state index in [2.05, 4.69) is 59.2 Å². The fraction of sp³-hybridized carbons (Fsp3) is 0.200. The molecule has 0 radical (unpaired) electrons. The predicted molar refractivity (Wildman–Crippen MR) is 83.9 cm³/mol. The van der Waals surface area contributed by atoms with Crippen LogP contribution in [0.15, 0.2) is 31.1 Å². The molecule has 0 N–H and O–H groups in total. The largest absolute Gasteiger partial charge is 0.342 e. The molecule has 0 fully saturated rings. The summed E-state index contributed by atoms with van der Waals surface area (Å²) in [6, 6.07) is 0. The van der Waals surface area contributed by atoms with Crippen LogP contribution in [0.1, 0.15) is 0 Å². The Bertz CT molecular complexity index is 1050. The fourth-order valence-corrected chi connectivity index (χ4v) is 2.26. The van der Waals surface area contributed by atoms with E-state index in [-0.39, 0.29) is 23.0 Å². The van der Waals surface area contributed by atoms with Gasteiger partial charge in [0.15, 0.2) is 10.1 Å². The number of anilines is 2. The van der Waals surface area contributed by atoms with E-state index in [0.29, 0.717) is 10.0 Å². The third kappa shape index (κ3) is 3.30. The first-order chi connectivity index (χ1) is 14.6. The van der Waals surface area contributed by atoms with Crippen molar-refractivity contribution in [1.82, 2.24) is 40.9 Å². The zero-order chi connectivity index (χ0) is 21.1. The standard InChI is InChI=1S/C10H6N12O8/c23-21(24)19(9-5(13-29-17-9)7-11-3-27-15-7)1-2-20(22(25)26)10-6(14-30-18-10)8-12-4-28-16-8/h3-4H,1-2H2. The minimum atomic E-state index is -0.873. The Kier molecular flexibility index (Phi) is 4.60. The monoisotopic (exact) mass is 422 g/mol. The number of hydrogen-bond acceptors (Lipinski definition) is 16. The summed E-state index contributed by atoms with van der Waals surface area (Å²) in [6.07, 6.45) is 1.94. The minimum absolute atomic E-state index is 0.135. The number of nitrogens with zero attached hydrogens (tertiary/aromatic N) is 12. The molecular weight excluding hydrogens is 416 g/mol. The van der Waals surface area contributed by atoms with Crippen LogP contribution in [0.5, 0.6) is 0 Å². The van der Waals surface area contributed by atoms with Crippen molar-refractivity contribution in [2.24, 2.45) is 0 Å². The molecule has 4 aromatic rings. The summed E-state index contributed by atoms with van der Waals surface area (Å²) in [7, 11) is 0. The van der Waals surface area contributed by atoms with Crippen molar-refractivity contribution in [2.75, 3.05) is 23.1 Å². The molecule has 4 rings (SSSR count). The topological polar surface area (TPSA) is 248 Å². The lowest BCUT2D eigenvalue weighted by molar-refractivity contribution is -0.505. The van der Waals surface area contributed by atoms with Crippen molar-refractivity contribution in [2.45, 2.75) is 0 Å². The van der Waals surface area contributed by atoms with Crippen LogP contribution in [-0.2, 0) is 0 Å². The Morgan fingerprint density at radius 1 is 0.733 bits per heavy atom. The summed E-state index contributed by atoms with van der Waals surface area (Å²) in [4.78, 5) is 30.5. The lowest BCUT2D eigenvalue weighted by atomic mass is 10.3. The van der Waals surface area contributed by atoms with Crippen LogP contribution >= 0.6 is 0 Å². The van der Waals surface area contributed by atoms with E-state index in [9.17, 15) is 20.2 Å². The molecule has 4 aromatic heterocycles. The van der Waals surface area contributed by atoms with Gasteiger partial charge in [0.2, 0.25) is 35.8 Å². The first-order valence-electron chi connectivity index (χ1n) is 7.58. The van der Waals surface area contributed by atoms with E-state index in [0.717, 1.165) is 12.8 Å². The van der Waals surface area contributed by atoms with Crippen molar-refractivity contribution in [1.29, 1.82) is 0 Å². The maximum absolute atomic E-state index is 11.5. The molecule has 0 aliphatic carbocycles. The number of hydrazine groups is 2. The average molecular weight is 422 g/mol. The average Bonchev–Trinajstić information content (AvgIpc) is 3.51. The highest BCUT2D eigenvalue weighted by Crippen LogP contribution is 2.26. The van der Waals surface area contributed by atoms with Gasteiger partial charge in [0, 0.05) is 0 Å². The third-order valence-corrected chi connectivity index (χ3v) is 3.50. The van der Waals surface area contributed by atoms with Gasteiger partial charge in [0.05, 0.1) is 0 Å². The first kappa shape index (κ1) is 18.3. The van der Waals surface area contributed by atoms with Crippen molar-refractivity contribution in [3.63, 3.8) is 0 Å². The SMILES string of the molecule is O=[N+]([O-])N(CCN(c1nonc1-c1ncon1)[N+](=O)[O-])c1nonc1-c1ncon1. The Morgan fingerprint density at radius 2 is 1.17 bits per heavy atom. The van der Waals surface area contributed by atoms with E-state index in [1.54, 1.807) is 0 Å². The van der Waals surface area contributed by atoms with Crippen LogP contribution < -0.4 is 10.0 Å². The van der Waals surface area contributed by atoms with Crippen molar-refractivity contribution < 1.29 is 28.4 Å². The van der Waals surface area contributed by atoms with Gasteiger partial charge in [-0.05, 0) is 20.6 Å². The van der Waals surface area contributed by atoms with Gasteiger partial charge >= 0.3 is 0 Å².